The number of carbonyl (C=O) groups excluding carboxylic acids is 2. The van der Waals surface area contributed by atoms with Gasteiger partial charge in [-0.2, -0.15) is 13.2 Å². The summed E-state index contributed by atoms with van der Waals surface area (Å²) in [5.41, 5.74) is 4.16. The maximum Gasteiger partial charge on any atom is 0.409 e. The van der Waals surface area contributed by atoms with Gasteiger partial charge < -0.3 is 26.1 Å². The number of halogens is 3. The summed E-state index contributed by atoms with van der Waals surface area (Å²) in [6, 6.07) is -1.24. The van der Waals surface area contributed by atoms with Gasteiger partial charge in [0.05, 0.1) is 0 Å². The molecular weight excluding hydrogens is 507 g/mol. The minimum atomic E-state index is -4.68. The SMILES string of the molecule is Nc1nc(/C(=N/OCC(=O)O)C(=O)NC2C(=O)N3C(C(=O)O)=C(/C=C/C(F)(F)F)CS[C@H]23)cs1. The largest absolute Gasteiger partial charge is 0.479 e. The Morgan fingerprint density at radius 3 is 2.65 bits per heavy atom. The highest BCUT2D eigenvalue weighted by molar-refractivity contribution is 8.00. The van der Waals surface area contributed by atoms with E-state index in [1.165, 1.54) is 5.38 Å². The summed E-state index contributed by atoms with van der Waals surface area (Å²) in [4.78, 5) is 56.9. The van der Waals surface area contributed by atoms with Crippen LogP contribution >= 0.6 is 23.1 Å². The molecule has 3 rings (SSSR count). The van der Waals surface area contributed by atoms with Crippen LogP contribution in [0.1, 0.15) is 5.69 Å². The number of aliphatic carboxylic acids is 2. The monoisotopic (exact) mass is 521 g/mol. The van der Waals surface area contributed by atoms with Gasteiger partial charge in [0.15, 0.2) is 10.8 Å². The number of thioether (sulfide) groups is 1. The van der Waals surface area contributed by atoms with Gasteiger partial charge in [-0.15, -0.1) is 23.1 Å². The van der Waals surface area contributed by atoms with E-state index in [-0.39, 0.29) is 28.2 Å². The molecule has 2 aliphatic rings. The minimum absolute atomic E-state index is 0.0593. The van der Waals surface area contributed by atoms with Crippen LogP contribution in [-0.4, -0.2) is 79.5 Å². The summed E-state index contributed by atoms with van der Waals surface area (Å²) in [7, 11) is 0. The van der Waals surface area contributed by atoms with E-state index in [1.807, 2.05) is 0 Å². The van der Waals surface area contributed by atoms with Crippen molar-refractivity contribution in [2.75, 3.05) is 18.1 Å². The molecule has 5 N–H and O–H groups in total. The van der Waals surface area contributed by atoms with Crippen molar-refractivity contribution in [1.82, 2.24) is 15.2 Å². The number of alkyl halides is 3. The van der Waals surface area contributed by atoms with Crippen molar-refractivity contribution in [2.24, 2.45) is 5.16 Å². The van der Waals surface area contributed by atoms with E-state index in [0.29, 0.717) is 6.08 Å². The smallest absolute Gasteiger partial charge is 0.409 e. The van der Waals surface area contributed by atoms with E-state index >= 15 is 0 Å². The average molecular weight is 521 g/mol. The highest BCUT2D eigenvalue weighted by Gasteiger charge is 2.54. The summed E-state index contributed by atoms with van der Waals surface area (Å²) < 4.78 is 37.5. The summed E-state index contributed by atoms with van der Waals surface area (Å²) in [6.45, 7) is -0.869. The lowest BCUT2D eigenvalue weighted by atomic mass is 10.0. The van der Waals surface area contributed by atoms with E-state index in [9.17, 15) is 37.5 Å². The first-order valence-electron chi connectivity index (χ1n) is 9.00. The first-order valence-corrected chi connectivity index (χ1v) is 10.9. The van der Waals surface area contributed by atoms with Crippen molar-refractivity contribution in [3.63, 3.8) is 0 Å². The summed E-state index contributed by atoms with van der Waals surface area (Å²) in [5, 5.41) is 24.4. The van der Waals surface area contributed by atoms with Gasteiger partial charge in [-0.1, -0.05) is 11.2 Å². The number of carboxylic acid groups (broad SMARTS) is 2. The molecule has 2 aliphatic heterocycles. The predicted octanol–water partition coefficient (Wildman–Crippen LogP) is 0.388. The molecule has 3 heterocycles. The normalized spacial score (nSPS) is 20.7. The van der Waals surface area contributed by atoms with Crippen molar-refractivity contribution >= 4 is 57.7 Å². The molecule has 34 heavy (non-hydrogen) atoms. The number of carbonyl (C=O) groups is 4. The van der Waals surface area contributed by atoms with Gasteiger partial charge in [0.1, 0.15) is 22.8 Å². The van der Waals surface area contributed by atoms with E-state index in [2.05, 4.69) is 20.3 Å². The van der Waals surface area contributed by atoms with E-state index in [4.69, 9.17) is 10.8 Å². The Balaban J connectivity index is 1.81. The van der Waals surface area contributed by atoms with E-state index in [1.54, 1.807) is 0 Å². The van der Waals surface area contributed by atoms with Gasteiger partial charge >= 0.3 is 18.1 Å². The van der Waals surface area contributed by atoms with Crippen LogP contribution in [0, 0.1) is 0 Å². The number of thiazole rings is 1. The Morgan fingerprint density at radius 1 is 1.38 bits per heavy atom. The number of nitrogens with two attached hydrogens (primary N) is 1. The Kier molecular flexibility index (Phi) is 7.15. The number of carboxylic acids is 2. The number of β-lactam (4-membered cyclic amide) rings is 1. The Bertz CT molecular complexity index is 1130. The van der Waals surface area contributed by atoms with Crippen LogP contribution in [0.3, 0.4) is 0 Å². The number of nitrogens with one attached hydrogen (secondary N) is 1. The predicted molar refractivity (Wildman–Crippen MR) is 112 cm³/mol. The number of hydrogen-bond donors (Lipinski definition) is 4. The van der Waals surface area contributed by atoms with Crippen LogP contribution < -0.4 is 11.1 Å². The third kappa shape index (κ3) is 5.48. The number of allylic oxidation sites excluding steroid dienone is 2. The van der Waals surface area contributed by atoms with Crippen molar-refractivity contribution in [3.05, 3.63) is 34.5 Å². The molecule has 182 valence electrons. The molecule has 2 amide bonds. The topological polar surface area (TPSA) is 185 Å². The molecule has 0 saturated carbocycles. The van der Waals surface area contributed by atoms with Crippen LogP contribution in [0.2, 0.25) is 0 Å². The zero-order valence-electron chi connectivity index (χ0n) is 16.6. The van der Waals surface area contributed by atoms with Gasteiger partial charge in [-0.3, -0.25) is 14.5 Å². The second-order valence-electron chi connectivity index (χ2n) is 6.59. The van der Waals surface area contributed by atoms with Gasteiger partial charge in [0.25, 0.3) is 11.8 Å². The van der Waals surface area contributed by atoms with Crippen molar-refractivity contribution in [3.8, 4) is 0 Å². The fourth-order valence-corrected chi connectivity index (χ4v) is 4.79. The Morgan fingerprint density at radius 2 is 2.09 bits per heavy atom. The zero-order valence-corrected chi connectivity index (χ0v) is 18.2. The Labute approximate surface area is 195 Å². The quantitative estimate of drug-likeness (QED) is 0.212. The molecule has 1 fully saturated rings. The van der Waals surface area contributed by atoms with Crippen molar-refractivity contribution < 1.29 is 47.4 Å². The first kappa shape index (κ1) is 25.0. The highest BCUT2D eigenvalue weighted by atomic mass is 32.2. The van der Waals surface area contributed by atoms with Crippen molar-refractivity contribution in [1.29, 1.82) is 0 Å². The maximum absolute atomic E-state index is 12.8. The highest BCUT2D eigenvalue weighted by Crippen LogP contribution is 2.41. The lowest BCUT2D eigenvalue weighted by Crippen LogP contribution is -2.71. The number of nitrogens with zero attached hydrogens (tertiary/aromatic N) is 3. The van der Waals surface area contributed by atoms with Gasteiger partial charge in [-0.05, 0) is 5.57 Å². The Hall–Kier alpha value is -3.60. The molecule has 17 heteroatoms. The number of aromatic nitrogens is 1. The summed E-state index contributed by atoms with van der Waals surface area (Å²) >= 11 is 1.90. The number of anilines is 1. The minimum Gasteiger partial charge on any atom is -0.479 e. The van der Waals surface area contributed by atoms with Gasteiger partial charge in [0.2, 0.25) is 6.61 Å². The molecule has 1 unspecified atom stereocenters. The van der Waals surface area contributed by atoms with Gasteiger partial charge in [0, 0.05) is 17.2 Å². The fraction of sp³-hybridized carbons (Fsp3) is 0.294. The molecular formula is C17H14F3N5O7S2. The van der Waals surface area contributed by atoms with Crippen LogP contribution in [0.5, 0.6) is 0 Å². The van der Waals surface area contributed by atoms with Crippen LogP contribution in [-0.2, 0) is 24.0 Å². The third-order valence-electron chi connectivity index (χ3n) is 4.28. The number of rotatable bonds is 8. The van der Waals surface area contributed by atoms with Crippen LogP contribution in [0.15, 0.2) is 34.0 Å². The molecule has 1 saturated heterocycles. The molecule has 12 nitrogen and oxygen atoms in total. The molecule has 1 aromatic heterocycles. The molecule has 0 radical (unpaired) electrons. The maximum atomic E-state index is 12.8. The second-order valence-corrected chi connectivity index (χ2v) is 8.59. The fourth-order valence-electron chi connectivity index (χ4n) is 2.93. The number of hydrogen-bond acceptors (Lipinski definition) is 10. The first-order chi connectivity index (χ1) is 15.9. The molecule has 0 spiro atoms. The van der Waals surface area contributed by atoms with Crippen LogP contribution in [0.25, 0.3) is 0 Å². The molecule has 1 aromatic rings. The zero-order chi connectivity index (χ0) is 25.2. The number of fused-ring (bicyclic) bond motifs is 1. The van der Waals surface area contributed by atoms with Crippen LogP contribution in [0.4, 0.5) is 18.3 Å². The molecule has 2 atom stereocenters. The third-order valence-corrected chi connectivity index (χ3v) is 6.26. The lowest BCUT2D eigenvalue weighted by Gasteiger charge is -2.49. The second kappa shape index (κ2) is 9.72. The average Bonchev–Trinajstić information content (AvgIpc) is 3.17. The molecule has 0 aromatic carbocycles. The molecule has 0 aliphatic carbocycles. The van der Waals surface area contributed by atoms with E-state index < -0.39 is 59.4 Å². The number of oxime groups is 1. The van der Waals surface area contributed by atoms with Gasteiger partial charge in [-0.25, -0.2) is 14.6 Å². The number of nitrogen functional groups attached to an aromatic ring is 1. The standard InChI is InChI=1S/C17H14F3N5O7S2/c18-17(19,20)2-1-6-4-33-14-10(13(29)25(14)11(6)15(30)31)23-12(28)9(24-32-3-8(26)27)7-5-34-16(21)22-7/h1-2,5,10,14H,3-4H2,(H2,21,22)(H,23,28)(H,26,27)(H,30,31)/b2-1+,24-9-/t10?,14-/m1/s1. The summed E-state index contributed by atoms with van der Waals surface area (Å²) in [6.07, 6.45) is -4.22. The molecule has 0 bridgehead atoms. The lowest BCUT2D eigenvalue weighted by molar-refractivity contribution is -0.150. The van der Waals surface area contributed by atoms with Crippen molar-refractivity contribution in [2.45, 2.75) is 17.6 Å². The van der Waals surface area contributed by atoms with E-state index in [0.717, 1.165) is 28.0 Å². The number of amides is 2. The summed E-state index contributed by atoms with van der Waals surface area (Å²) in [5.74, 6) is -5.00.